The highest BCUT2D eigenvalue weighted by Crippen LogP contribution is 2.25. The quantitative estimate of drug-likeness (QED) is 0.567. The number of anilines is 2. The zero-order valence-electron chi connectivity index (χ0n) is 15.5. The minimum Gasteiger partial charge on any atom is -0.324 e. The molecule has 1 N–H and O–H groups in total. The molecule has 0 saturated carbocycles. The number of nitrogens with one attached hydrogen (secondary N) is 1. The summed E-state index contributed by atoms with van der Waals surface area (Å²) in [7, 11) is -3.99. The molecular weight excluding hydrogens is 431 g/mol. The normalized spacial score (nSPS) is 11.1. The molecule has 3 rings (SSSR count). The van der Waals surface area contributed by atoms with Crippen molar-refractivity contribution < 1.29 is 13.2 Å². The van der Waals surface area contributed by atoms with Crippen molar-refractivity contribution in [3.8, 4) is 0 Å². The Morgan fingerprint density at radius 2 is 1.59 bits per heavy atom. The van der Waals surface area contributed by atoms with E-state index >= 15 is 0 Å². The van der Waals surface area contributed by atoms with Crippen LogP contribution in [-0.4, -0.2) is 20.9 Å². The third-order valence-corrected chi connectivity index (χ3v) is 6.39. The van der Waals surface area contributed by atoms with E-state index in [2.05, 4.69) is 5.32 Å². The molecule has 0 aliphatic heterocycles. The Morgan fingerprint density at radius 3 is 2.21 bits per heavy atom. The Kier molecular flexibility index (Phi) is 6.47. The molecular formula is C21H18Cl2N2O3S. The fourth-order valence-corrected chi connectivity index (χ4v) is 4.39. The summed E-state index contributed by atoms with van der Waals surface area (Å²) in [6.07, 6.45) is 0. The van der Waals surface area contributed by atoms with Gasteiger partial charge in [-0.3, -0.25) is 9.10 Å². The highest BCUT2D eigenvalue weighted by atomic mass is 35.5. The second-order valence-electron chi connectivity index (χ2n) is 6.36. The Labute approximate surface area is 179 Å². The van der Waals surface area contributed by atoms with E-state index in [0.29, 0.717) is 21.4 Å². The van der Waals surface area contributed by atoms with Gasteiger partial charge in [0.25, 0.3) is 10.0 Å². The maximum atomic E-state index is 13.3. The van der Waals surface area contributed by atoms with Gasteiger partial charge in [-0.1, -0.05) is 47.0 Å². The van der Waals surface area contributed by atoms with Gasteiger partial charge in [-0.15, -0.1) is 0 Å². The van der Waals surface area contributed by atoms with Crippen LogP contribution in [0, 0.1) is 6.92 Å². The number of hydrogen-bond donors (Lipinski definition) is 1. The van der Waals surface area contributed by atoms with Gasteiger partial charge in [0.15, 0.2) is 0 Å². The van der Waals surface area contributed by atoms with Crippen molar-refractivity contribution >= 4 is 50.5 Å². The van der Waals surface area contributed by atoms with Crippen molar-refractivity contribution in [1.82, 2.24) is 0 Å². The van der Waals surface area contributed by atoms with Gasteiger partial charge in [-0.25, -0.2) is 8.42 Å². The van der Waals surface area contributed by atoms with Crippen LogP contribution in [0.3, 0.4) is 0 Å². The molecule has 0 aromatic heterocycles. The van der Waals surface area contributed by atoms with E-state index in [4.69, 9.17) is 23.2 Å². The standard InChI is InChI=1S/C21H18Cl2N2O3S/c1-15-5-9-19(10-6-15)25(29(27,28)20-11-7-16(22)8-12-20)14-21(26)24-18-4-2-3-17(23)13-18/h2-13H,14H2,1H3,(H,24,26). The van der Waals surface area contributed by atoms with E-state index in [1.807, 2.05) is 6.92 Å². The smallest absolute Gasteiger partial charge is 0.264 e. The highest BCUT2D eigenvalue weighted by Gasteiger charge is 2.27. The number of sulfonamides is 1. The third kappa shape index (κ3) is 5.29. The third-order valence-electron chi connectivity index (χ3n) is 4.12. The first-order valence-electron chi connectivity index (χ1n) is 8.66. The first-order valence-corrected chi connectivity index (χ1v) is 10.9. The molecule has 1 amide bonds. The van der Waals surface area contributed by atoms with Gasteiger partial charge in [0.2, 0.25) is 5.91 Å². The molecule has 8 heteroatoms. The molecule has 5 nitrogen and oxygen atoms in total. The maximum absolute atomic E-state index is 13.3. The number of hydrogen-bond acceptors (Lipinski definition) is 3. The van der Waals surface area contributed by atoms with Crippen molar-refractivity contribution in [1.29, 1.82) is 0 Å². The highest BCUT2D eigenvalue weighted by molar-refractivity contribution is 7.92. The first kappa shape index (κ1) is 21.2. The molecule has 150 valence electrons. The Morgan fingerprint density at radius 1 is 0.931 bits per heavy atom. The lowest BCUT2D eigenvalue weighted by Crippen LogP contribution is -2.38. The van der Waals surface area contributed by atoms with E-state index in [1.54, 1.807) is 48.5 Å². The van der Waals surface area contributed by atoms with Gasteiger partial charge in [-0.2, -0.15) is 0 Å². The van der Waals surface area contributed by atoms with Crippen LogP contribution in [0.2, 0.25) is 10.0 Å². The van der Waals surface area contributed by atoms with Crippen LogP contribution < -0.4 is 9.62 Å². The zero-order valence-corrected chi connectivity index (χ0v) is 17.8. The lowest BCUT2D eigenvalue weighted by atomic mass is 10.2. The number of benzene rings is 3. The number of halogens is 2. The number of rotatable bonds is 6. The fourth-order valence-electron chi connectivity index (χ4n) is 2.66. The number of carbonyl (C=O) groups excluding carboxylic acids is 1. The molecule has 0 fully saturated rings. The largest absolute Gasteiger partial charge is 0.324 e. The molecule has 3 aromatic carbocycles. The van der Waals surface area contributed by atoms with Crippen LogP contribution in [0.25, 0.3) is 0 Å². The molecule has 0 bridgehead atoms. The van der Waals surface area contributed by atoms with Gasteiger partial charge >= 0.3 is 0 Å². The molecule has 0 spiro atoms. The molecule has 0 aliphatic carbocycles. The summed E-state index contributed by atoms with van der Waals surface area (Å²) < 4.78 is 27.6. The van der Waals surface area contributed by atoms with Crippen LogP contribution in [0.1, 0.15) is 5.56 Å². The van der Waals surface area contributed by atoms with Gasteiger partial charge in [0.1, 0.15) is 6.54 Å². The second kappa shape index (κ2) is 8.86. The van der Waals surface area contributed by atoms with Gasteiger partial charge in [0.05, 0.1) is 10.6 Å². The van der Waals surface area contributed by atoms with Crippen molar-refractivity contribution in [3.05, 3.63) is 88.4 Å². The Balaban J connectivity index is 1.93. The summed E-state index contributed by atoms with van der Waals surface area (Å²) in [5.74, 6) is -0.495. The topological polar surface area (TPSA) is 66.5 Å². The van der Waals surface area contributed by atoms with E-state index in [9.17, 15) is 13.2 Å². The summed E-state index contributed by atoms with van der Waals surface area (Å²) in [4.78, 5) is 12.7. The monoisotopic (exact) mass is 448 g/mol. The summed E-state index contributed by atoms with van der Waals surface area (Å²) in [6.45, 7) is 1.49. The predicted octanol–water partition coefficient (Wildman–Crippen LogP) is 5.14. The minimum absolute atomic E-state index is 0.0398. The van der Waals surface area contributed by atoms with Crippen LogP contribution in [0.5, 0.6) is 0 Å². The van der Waals surface area contributed by atoms with Crippen molar-refractivity contribution in [2.45, 2.75) is 11.8 Å². The molecule has 0 heterocycles. The SMILES string of the molecule is Cc1ccc(N(CC(=O)Nc2cccc(Cl)c2)S(=O)(=O)c2ccc(Cl)cc2)cc1. The molecule has 0 aliphatic rings. The van der Waals surface area contributed by atoms with Crippen LogP contribution in [-0.2, 0) is 14.8 Å². The van der Waals surface area contributed by atoms with Crippen molar-refractivity contribution in [2.24, 2.45) is 0 Å². The lowest BCUT2D eigenvalue weighted by molar-refractivity contribution is -0.114. The van der Waals surface area contributed by atoms with Gasteiger partial charge in [-0.05, 0) is 61.5 Å². The van der Waals surface area contributed by atoms with E-state index < -0.39 is 22.5 Å². The Hall–Kier alpha value is -2.54. The fraction of sp³-hybridized carbons (Fsp3) is 0.0952. The van der Waals surface area contributed by atoms with Gasteiger partial charge < -0.3 is 5.32 Å². The number of aryl methyl sites for hydroxylation is 1. The average Bonchev–Trinajstić information content (AvgIpc) is 2.67. The van der Waals surface area contributed by atoms with Crippen molar-refractivity contribution in [3.63, 3.8) is 0 Å². The Bertz CT molecular complexity index is 1120. The minimum atomic E-state index is -3.99. The van der Waals surface area contributed by atoms with E-state index in [-0.39, 0.29) is 4.90 Å². The average molecular weight is 449 g/mol. The van der Waals surface area contributed by atoms with Gasteiger partial charge in [0, 0.05) is 15.7 Å². The summed E-state index contributed by atoms with van der Waals surface area (Å²) in [6, 6.07) is 19.3. The number of carbonyl (C=O) groups is 1. The molecule has 0 atom stereocenters. The molecule has 0 radical (unpaired) electrons. The summed E-state index contributed by atoms with van der Waals surface area (Å²) >= 11 is 11.8. The van der Waals surface area contributed by atoms with Crippen molar-refractivity contribution in [2.75, 3.05) is 16.2 Å². The first-order chi connectivity index (χ1) is 13.8. The maximum Gasteiger partial charge on any atom is 0.264 e. The molecule has 29 heavy (non-hydrogen) atoms. The zero-order chi connectivity index (χ0) is 21.0. The molecule has 0 saturated heterocycles. The van der Waals surface area contributed by atoms with E-state index in [0.717, 1.165) is 9.87 Å². The predicted molar refractivity (Wildman–Crippen MR) is 117 cm³/mol. The lowest BCUT2D eigenvalue weighted by Gasteiger charge is -2.24. The van der Waals surface area contributed by atoms with E-state index in [1.165, 1.54) is 24.3 Å². The summed E-state index contributed by atoms with van der Waals surface area (Å²) in [5, 5.41) is 3.56. The van der Waals surface area contributed by atoms with Crippen LogP contribution in [0.15, 0.2) is 77.7 Å². The second-order valence-corrected chi connectivity index (χ2v) is 9.09. The number of nitrogens with zero attached hydrogens (tertiary/aromatic N) is 1. The summed E-state index contributed by atoms with van der Waals surface area (Å²) in [5.41, 5.74) is 1.84. The molecule has 3 aromatic rings. The number of amides is 1. The van der Waals surface area contributed by atoms with Crippen LogP contribution >= 0.6 is 23.2 Å². The molecule has 0 unspecified atom stereocenters. The van der Waals surface area contributed by atoms with Crippen LogP contribution in [0.4, 0.5) is 11.4 Å².